The second-order valence-corrected chi connectivity index (χ2v) is 10.8. The first-order valence-electron chi connectivity index (χ1n) is 13.0. The number of nitrogens with zero attached hydrogens (tertiary/aromatic N) is 4. The van der Waals surface area contributed by atoms with E-state index in [1.165, 1.54) is 17.2 Å². The standard InChI is InChI=1S/C27H28Cl2N8O6/c28-17-5-15-9-36(25(41)13-1-2-14(7-30)18(32)6-13)4-3-16(15)23(29)22(17)24(40)35-19(26(42)43)8-33-27(34-12-31)37-10-20(38)21(39)11-37/h1-2,5-7,19-21,30,38-39H,3-4,8-11,32H2,(H,33,34)(H,35,40)(H,42,43)/p+1. The maximum Gasteiger partial charge on any atom is 0.328 e. The SMILES string of the molecule is N#CNC(=NCC(NC(=O)c1c(Cl)cc2c(c1Cl)CCN(C(=O)c1ccc(C=[NH2+])c(N)c1)C2)C(=O)O)N1CC(O)C(O)C1. The van der Waals surface area contributed by atoms with Gasteiger partial charge < -0.3 is 36.2 Å². The lowest BCUT2D eigenvalue weighted by atomic mass is 9.95. The van der Waals surface area contributed by atoms with Crippen molar-refractivity contribution in [3.05, 3.63) is 62.1 Å². The molecule has 2 aromatic rings. The number of aliphatic hydroxyl groups is 2. The summed E-state index contributed by atoms with van der Waals surface area (Å²) < 4.78 is 0. The number of benzene rings is 2. The van der Waals surface area contributed by atoms with Gasteiger partial charge in [0.2, 0.25) is 5.96 Å². The summed E-state index contributed by atoms with van der Waals surface area (Å²) in [7, 11) is 0. The van der Waals surface area contributed by atoms with E-state index in [0.717, 1.165) is 0 Å². The van der Waals surface area contributed by atoms with Crippen LogP contribution < -0.4 is 21.8 Å². The van der Waals surface area contributed by atoms with Crippen LogP contribution in [0.1, 0.15) is 37.4 Å². The fraction of sp³-hybridized carbons (Fsp3) is 0.333. The number of amides is 2. The molecule has 2 amide bonds. The molecule has 16 heteroatoms. The Morgan fingerprint density at radius 3 is 2.51 bits per heavy atom. The van der Waals surface area contributed by atoms with Gasteiger partial charge in [0.15, 0.2) is 12.4 Å². The number of fused-ring (bicyclic) bond motifs is 1. The number of likely N-dealkylation sites (tertiary alicyclic amines) is 1. The summed E-state index contributed by atoms with van der Waals surface area (Å²) >= 11 is 13.1. The van der Waals surface area contributed by atoms with Gasteiger partial charge in [-0.1, -0.05) is 23.2 Å². The van der Waals surface area contributed by atoms with Crippen LogP contribution in [0.15, 0.2) is 29.3 Å². The molecule has 0 saturated carbocycles. The molecule has 0 spiro atoms. The largest absolute Gasteiger partial charge is 0.480 e. The van der Waals surface area contributed by atoms with Gasteiger partial charge in [-0.2, -0.15) is 5.26 Å². The van der Waals surface area contributed by atoms with Gasteiger partial charge in [-0.25, -0.2) is 9.79 Å². The molecule has 14 nitrogen and oxygen atoms in total. The summed E-state index contributed by atoms with van der Waals surface area (Å²) in [6.45, 7) is -0.0913. The normalized spacial score (nSPS) is 18.8. The number of nitriles is 1. The van der Waals surface area contributed by atoms with E-state index in [4.69, 9.17) is 39.6 Å². The van der Waals surface area contributed by atoms with E-state index in [9.17, 15) is 29.7 Å². The van der Waals surface area contributed by atoms with Crippen molar-refractivity contribution >= 4 is 58.8 Å². The summed E-state index contributed by atoms with van der Waals surface area (Å²) in [6, 6.07) is 4.80. The lowest BCUT2D eigenvalue weighted by Gasteiger charge is -2.30. The quantitative estimate of drug-likeness (QED) is 0.0621. The van der Waals surface area contributed by atoms with E-state index in [-0.39, 0.29) is 47.1 Å². The number of rotatable bonds is 7. The lowest BCUT2D eigenvalue weighted by molar-refractivity contribution is -0.138. The molecule has 0 bridgehead atoms. The molecular formula is C27H29Cl2N8O6+. The molecule has 43 heavy (non-hydrogen) atoms. The molecule has 0 aliphatic carbocycles. The minimum absolute atomic E-state index is 0.0322. The van der Waals surface area contributed by atoms with Crippen LogP contribution in [-0.2, 0) is 17.8 Å². The lowest BCUT2D eigenvalue weighted by Crippen LogP contribution is -2.45. The molecule has 2 heterocycles. The third-order valence-electron chi connectivity index (χ3n) is 7.19. The van der Waals surface area contributed by atoms with Crippen molar-refractivity contribution in [2.24, 2.45) is 4.99 Å². The highest BCUT2D eigenvalue weighted by molar-refractivity contribution is 6.40. The van der Waals surface area contributed by atoms with Gasteiger partial charge in [0.05, 0.1) is 39.9 Å². The number of anilines is 1. The van der Waals surface area contributed by atoms with Gasteiger partial charge >= 0.3 is 5.97 Å². The van der Waals surface area contributed by atoms with Crippen LogP contribution in [-0.4, -0.2) is 99.5 Å². The number of carbonyl (C=O) groups is 3. The van der Waals surface area contributed by atoms with E-state index < -0.39 is 36.7 Å². The van der Waals surface area contributed by atoms with Gasteiger partial charge in [-0.05, 0) is 41.8 Å². The van der Waals surface area contributed by atoms with Crippen molar-refractivity contribution in [3.63, 3.8) is 0 Å². The average Bonchev–Trinajstić information content (AvgIpc) is 3.30. The number of carboxylic acid groups (broad SMARTS) is 1. The van der Waals surface area contributed by atoms with E-state index in [0.29, 0.717) is 40.9 Å². The molecule has 3 unspecified atom stereocenters. The fourth-order valence-corrected chi connectivity index (χ4v) is 5.64. The number of nitrogens with two attached hydrogens (primary N) is 2. The number of carbonyl (C=O) groups excluding carboxylic acids is 2. The summed E-state index contributed by atoms with van der Waals surface area (Å²) in [5.74, 6) is -2.60. The third-order valence-corrected chi connectivity index (χ3v) is 7.90. The molecule has 3 atom stereocenters. The van der Waals surface area contributed by atoms with Crippen LogP contribution in [0.2, 0.25) is 10.0 Å². The number of carboxylic acids is 1. The van der Waals surface area contributed by atoms with Crippen LogP contribution >= 0.6 is 23.2 Å². The molecule has 2 aliphatic heterocycles. The van der Waals surface area contributed by atoms with Crippen LogP contribution in [0, 0.1) is 11.5 Å². The van der Waals surface area contributed by atoms with Crippen LogP contribution in [0.5, 0.6) is 0 Å². The first-order valence-corrected chi connectivity index (χ1v) is 13.8. The fourth-order valence-electron chi connectivity index (χ4n) is 4.88. The average molecular weight is 632 g/mol. The predicted octanol–water partition coefficient (Wildman–Crippen LogP) is -1.40. The number of nitrogens with one attached hydrogen (secondary N) is 2. The molecule has 2 aliphatic rings. The Morgan fingerprint density at radius 1 is 1.21 bits per heavy atom. The molecule has 0 radical (unpaired) electrons. The highest BCUT2D eigenvalue weighted by Gasteiger charge is 2.33. The van der Waals surface area contributed by atoms with Gasteiger partial charge in [-0.3, -0.25) is 20.3 Å². The topological polar surface area (TPSA) is 230 Å². The second kappa shape index (κ2) is 13.3. The zero-order valence-corrected chi connectivity index (χ0v) is 24.1. The van der Waals surface area contributed by atoms with Gasteiger partial charge in [0.25, 0.3) is 11.8 Å². The summed E-state index contributed by atoms with van der Waals surface area (Å²) in [5.41, 5.74) is 8.42. The predicted molar refractivity (Wildman–Crippen MR) is 156 cm³/mol. The van der Waals surface area contributed by atoms with E-state index >= 15 is 0 Å². The number of aliphatic hydroxyl groups excluding tert-OH is 2. The Hall–Kier alpha value is -4.42. The maximum atomic E-state index is 13.2. The Balaban J connectivity index is 1.50. The number of nitrogen functional groups attached to an aromatic ring is 1. The number of halogens is 2. The van der Waals surface area contributed by atoms with Gasteiger partial charge in [0, 0.05) is 37.4 Å². The Labute approximate surface area is 255 Å². The monoisotopic (exact) mass is 631 g/mol. The number of aliphatic imine (C=N–C) groups is 1. The Kier molecular flexibility index (Phi) is 9.72. The molecule has 0 aromatic heterocycles. The van der Waals surface area contributed by atoms with E-state index in [2.05, 4.69) is 15.6 Å². The minimum atomic E-state index is -1.53. The molecule has 2 aromatic carbocycles. The van der Waals surface area contributed by atoms with Crippen molar-refractivity contribution in [3.8, 4) is 6.19 Å². The molecule has 1 saturated heterocycles. The molecule has 226 valence electrons. The molecule has 4 rings (SSSR count). The maximum absolute atomic E-state index is 13.2. The van der Waals surface area contributed by atoms with Crippen molar-refractivity contribution < 1.29 is 35.1 Å². The van der Waals surface area contributed by atoms with Crippen LogP contribution in [0.4, 0.5) is 5.69 Å². The zero-order chi connectivity index (χ0) is 31.4. The Bertz CT molecular complexity index is 1530. The summed E-state index contributed by atoms with van der Waals surface area (Å²) in [5, 5.41) is 48.5. The number of guanidine groups is 1. The van der Waals surface area contributed by atoms with Crippen molar-refractivity contribution in [2.75, 3.05) is 31.9 Å². The highest BCUT2D eigenvalue weighted by atomic mass is 35.5. The van der Waals surface area contributed by atoms with Gasteiger partial charge in [-0.15, -0.1) is 0 Å². The number of β-amino-alcohol motifs (C(OH)–C–C–N with tert-alkyl or cyclic N) is 2. The van der Waals surface area contributed by atoms with Gasteiger partial charge in [0.1, 0.15) is 6.04 Å². The van der Waals surface area contributed by atoms with Crippen molar-refractivity contribution in [2.45, 2.75) is 31.2 Å². The van der Waals surface area contributed by atoms with E-state index in [1.54, 1.807) is 29.3 Å². The number of aliphatic carboxylic acids is 1. The summed E-state index contributed by atoms with van der Waals surface area (Å²) in [6.07, 6.45) is 1.19. The minimum Gasteiger partial charge on any atom is -0.480 e. The van der Waals surface area contributed by atoms with Crippen LogP contribution in [0.25, 0.3) is 0 Å². The molecule has 9 N–H and O–H groups in total. The van der Waals surface area contributed by atoms with E-state index in [1.807, 2.05) is 0 Å². The zero-order valence-electron chi connectivity index (χ0n) is 22.6. The second-order valence-electron chi connectivity index (χ2n) is 9.98. The summed E-state index contributed by atoms with van der Waals surface area (Å²) in [4.78, 5) is 45.4. The first kappa shape index (κ1) is 31.5. The van der Waals surface area contributed by atoms with Crippen molar-refractivity contribution in [1.82, 2.24) is 20.4 Å². The molecular weight excluding hydrogens is 603 g/mol. The number of hydrogen-bond acceptors (Lipinski definition) is 8. The Morgan fingerprint density at radius 2 is 1.91 bits per heavy atom. The first-order chi connectivity index (χ1) is 20.4. The third kappa shape index (κ3) is 6.81. The van der Waals surface area contributed by atoms with Crippen LogP contribution in [0.3, 0.4) is 0 Å². The number of hydrogen-bond donors (Lipinski definition) is 7. The molecule has 1 fully saturated rings. The highest BCUT2D eigenvalue weighted by Crippen LogP contribution is 2.35. The smallest absolute Gasteiger partial charge is 0.328 e. The van der Waals surface area contributed by atoms with Crippen molar-refractivity contribution in [1.29, 1.82) is 5.26 Å².